The molecule has 31 nitrogen and oxygen atoms in total. The van der Waals surface area contributed by atoms with Crippen LogP contribution in [0.5, 0.6) is 0 Å². The van der Waals surface area contributed by atoms with Gasteiger partial charge in [0.05, 0.1) is 39.6 Å². The smallest absolute Gasteiger partial charge is 0.187 e. The van der Waals surface area contributed by atoms with Crippen LogP contribution >= 0.6 is 0 Å². The highest BCUT2D eigenvalue weighted by molar-refractivity contribution is 5.01. The summed E-state index contributed by atoms with van der Waals surface area (Å²) >= 11 is 0. The zero-order valence-corrected chi connectivity index (χ0v) is 37.4. The van der Waals surface area contributed by atoms with E-state index in [1.165, 1.54) is 13.8 Å². The van der Waals surface area contributed by atoms with Crippen molar-refractivity contribution in [3.05, 3.63) is 0 Å². The summed E-state index contributed by atoms with van der Waals surface area (Å²) in [6.07, 6.45) is -58.9. The van der Waals surface area contributed by atoms with E-state index in [-0.39, 0.29) is 0 Å². The number of aliphatic hydroxyl groups excluding tert-OH is 17. The van der Waals surface area contributed by atoms with Crippen molar-refractivity contribution in [2.24, 2.45) is 0 Å². The van der Waals surface area contributed by atoms with Crippen molar-refractivity contribution in [3.63, 3.8) is 0 Å². The number of aliphatic hydroxyl groups is 18. The first-order valence-corrected chi connectivity index (χ1v) is 22.5. The molecule has 22 fully saturated rings. The minimum Gasteiger partial charge on any atom is -0.394 e. The van der Waals surface area contributed by atoms with Crippen molar-refractivity contribution < 1.29 is 153 Å². The highest BCUT2D eigenvalue weighted by Crippen LogP contribution is 2.38. The van der Waals surface area contributed by atoms with E-state index in [2.05, 4.69) is 0 Å². The van der Waals surface area contributed by atoms with E-state index >= 15 is 0 Å². The maximum Gasteiger partial charge on any atom is 0.187 e. The van der Waals surface area contributed by atoms with Gasteiger partial charge in [0.25, 0.3) is 0 Å². The number of rotatable bonds is 8. The molecule has 22 rings (SSSR count). The lowest BCUT2D eigenvalue weighted by molar-refractivity contribution is -0.405. The molecular weight excluding hydrogens is 964 g/mol. The van der Waals surface area contributed by atoms with Crippen molar-refractivity contribution in [2.45, 2.75) is 204 Å². The van der Waals surface area contributed by atoms with Gasteiger partial charge in [0.1, 0.15) is 146 Å². The average molecular weight is 1030 g/mol. The molecule has 22 heterocycles. The minimum absolute atomic E-state index is 0.690. The summed E-state index contributed by atoms with van der Waals surface area (Å²) in [6, 6.07) is 0. The zero-order chi connectivity index (χ0) is 51.3. The van der Waals surface area contributed by atoms with Gasteiger partial charge in [0.15, 0.2) is 43.5 Å². The molecular formula is C39H66O31. The van der Waals surface area contributed by atoms with Gasteiger partial charge in [0.2, 0.25) is 0 Å². The van der Waals surface area contributed by atoms with Gasteiger partial charge in [0, 0.05) is 0 Å². The van der Waals surface area contributed by atoms with Crippen LogP contribution in [-0.2, 0) is 61.6 Å². The maximum atomic E-state index is 11.5. The van der Waals surface area contributed by atoms with Gasteiger partial charge >= 0.3 is 0 Å². The third-order valence-electron chi connectivity index (χ3n) is 13.1. The fourth-order valence-corrected chi connectivity index (χ4v) is 9.20. The Hall–Kier alpha value is -1.24. The van der Waals surface area contributed by atoms with Gasteiger partial charge < -0.3 is 153 Å². The van der Waals surface area contributed by atoms with E-state index in [0.717, 1.165) is 0 Å². The lowest BCUT2D eigenvalue weighted by atomic mass is 9.94. The molecule has 22 aliphatic heterocycles. The number of hydrogen-bond donors (Lipinski definition) is 18. The summed E-state index contributed by atoms with van der Waals surface area (Å²) in [5, 5.41) is 198. The molecule has 70 heavy (non-hydrogen) atoms. The van der Waals surface area contributed by atoms with E-state index in [9.17, 15) is 91.9 Å². The van der Waals surface area contributed by atoms with Crippen LogP contribution in [0.4, 0.5) is 0 Å². The normalized spacial score (nSPS) is 53.1. The first-order chi connectivity index (χ1) is 33.1. The van der Waals surface area contributed by atoms with E-state index in [1.54, 1.807) is 0 Å². The summed E-state index contributed by atoms with van der Waals surface area (Å²) in [5.41, 5.74) is 0. The van der Waals surface area contributed by atoms with Crippen LogP contribution in [0.25, 0.3) is 0 Å². The summed E-state index contributed by atoms with van der Waals surface area (Å²) in [5.74, 6) is -1.88. The topological polar surface area (TPSA) is 484 Å². The maximum absolute atomic E-state index is 11.5. The van der Waals surface area contributed by atoms with Crippen LogP contribution in [0.15, 0.2) is 0 Å². The van der Waals surface area contributed by atoms with Crippen LogP contribution in [0.2, 0.25) is 0 Å². The third-order valence-corrected chi connectivity index (χ3v) is 13.1. The molecule has 0 aromatic heterocycles. The molecule has 0 aromatic rings. The average Bonchev–Trinajstić information content (AvgIpc) is 3.33. The molecule has 30 atom stereocenters. The van der Waals surface area contributed by atoms with E-state index in [1.807, 2.05) is 0 Å². The largest absolute Gasteiger partial charge is 0.394 e. The first kappa shape index (κ1) is 56.5. The molecule has 31 heteroatoms. The molecule has 0 spiro atoms. The monoisotopic (exact) mass is 1030 g/mol. The summed E-state index contributed by atoms with van der Waals surface area (Å²) in [4.78, 5) is 0. The Morgan fingerprint density at radius 1 is 0.286 bits per heavy atom. The van der Waals surface area contributed by atoms with Crippen LogP contribution < -0.4 is 0 Å². The Kier molecular flexibility index (Phi) is 18.8. The SMILES string of the molecule is CC(C)(O)OC[C@H]1O[C@@H]2O[C@H]3[C@H](O)[C@@H](O)[C@@H](O[C@H]4[C@H](O)[C@@H](O)[C@@H](O[C@H]5[C@H](O)[C@@H](O)[C@@H](O[C@H]6[C@H](O)[C@@H](O)[C@@H](O[C@H]7[C@H](O)[C@@H](O)[C@@H](O[C@H]1[C@H](O)[C@H]2O)O[C@@H]7CO)O[C@@H]6CO)O[C@@H]5CO)O[C@@H]4CO)O[C@@H]3CO. The highest BCUT2D eigenvalue weighted by Gasteiger charge is 2.59. The standard InChI is InChI=1S/C39H66O31/c1-39(2,57)58-8-14-32-20(50)26(56)38(64-14)69-31-13(7-44)62-36(24(54)18(31)48)67-29-11(5-42)60-34(22(52)16(29)46)65-27-9(3-40)59-33(21(51)15(27)45)66-28-10(4-41)61-35(23(53)17(28)47)68-30-12(6-43)63-37(70-32)25(55)19(30)49/h9-38,40-57H,3-8H2,1-2H3/t9-,10-,11-,12-,13-,14-,15-,16-,17-,18-,19-,20-,21-,22-,23-,24-,25-,26-,27-,28-,29-,30-,31-,32-,33-,34-,35-,36-,37-,38-/m1/s1. The second-order valence-electron chi connectivity index (χ2n) is 18.4. The molecule has 408 valence electrons. The second kappa shape index (κ2) is 23.3. The van der Waals surface area contributed by atoms with E-state index in [4.69, 9.17) is 61.6 Å². The molecule has 0 aromatic carbocycles. The molecule has 22 aliphatic rings. The molecule has 0 radical (unpaired) electrons. The summed E-state index contributed by atoms with van der Waals surface area (Å²) in [7, 11) is 0. The Morgan fingerprint density at radius 2 is 0.457 bits per heavy atom. The van der Waals surface area contributed by atoms with Gasteiger partial charge in [-0.3, -0.25) is 0 Å². The first-order valence-electron chi connectivity index (χ1n) is 22.5. The van der Waals surface area contributed by atoms with Crippen LogP contribution in [-0.4, -0.2) is 322 Å². The number of ether oxygens (including phenoxy) is 13. The highest BCUT2D eigenvalue weighted by atomic mass is 16.8. The quantitative estimate of drug-likeness (QED) is 0.100. The summed E-state index contributed by atoms with van der Waals surface area (Å²) < 4.78 is 74.2. The van der Waals surface area contributed by atoms with Crippen molar-refractivity contribution in [1.29, 1.82) is 0 Å². The van der Waals surface area contributed by atoms with E-state index < -0.39 is 230 Å². The predicted octanol–water partition coefficient (Wildman–Crippen LogP) is -12.3. The number of hydrogen-bond acceptors (Lipinski definition) is 31. The Balaban J connectivity index is 1.21. The Bertz CT molecular complexity index is 1620. The molecule has 0 aliphatic carbocycles. The lowest BCUT2D eigenvalue weighted by Crippen LogP contribution is -2.69. The second-order valence-corrected chi connectivity index (χ2v) is 18.4. The molecule has 0 unspecified atom stereocenters. The molecule has 0 amide bonds. The molecule has 18 N–H and O–H groups in total. The summed E-state index contributed by atoms with van der Waals surface area (Å²) in [6.45, 7) is -3.29. The Morgan fingerprint density at radius 3 is 0.629 bits per heavy atom. The Labute approximate surface area is 396 Å². The molecule has 22 saturated heterocycles. The van der Waals surface area contributed by atoms with Crippen molar-refractivity contribution in [2.75, 3.05) is 39.6 Å². The minimum atomic E-state index is -2.17. The van der Waals surface area contributed by atoms with Crippen molar-refractivity contribution in [3.8, 4) is 0 Å². The van der Waals surface area contributed by atoms with Gasteiger partial charge in [-0.25, -0.2) is 0 Å². The molecule has 12 bridgehead atoms. The van der Waals surface area contributed by atoms with Crippen LogP contribution in [0, 0.1) is 0 Å². The lowest BCUT2D eigenvalue weighted by Gasteiger charge is -2.50. The fraction of sp³-hybridized carbons (Fsp3) is 1.00. The van der Waals surface area contributed by atoms with Crippen molar-refractivity contribution >= 4 is 0 Å². The van der Waals surface area contributed by atoms with Crippen LogP contribution in [0.3, 0.4) is 0 Å². The van der Waals surface area contributed by atoms with Gasteiger partial charge in [-0.05, 0) is 13.8 Å². The zero-order valence-electron chi connectivity index (χ0n) is 37.4. The fourth-order valence-electron chi connectivity index (χ4n) is 9.20. The van der Waals surface area contributed by atoms with Gasteiger partial charge in [-0.15, -0.1) is 0 Å². The molecule has 0 saturated carbocycles. The van der Waals surface area contributed by atoms with Crippen LogP contribution in [0.1, 0.15) is 13.8 Å². The van der Waals surface area contributed by atoms with E-state index in [0.29, 0.717) is 0 Å². The van der Waals surface area contributed by atoms with Crippen molar-refractivity contribution in [1.82, 2.24) is 0 Å². The third kappa shape index (κ3) is 11.5. The predicted molar refractivity (Wildman–Crippen MR) is 211 cm³/mol. The van der Waals surface area contributed by atoms with Gasteiger partial charge in [-0.1, -0.05) is 0 Å². The van der Waals surface area contributed by atoms with Gasteiger partial charge in [-0.2, -0.15) is 0 Å².